The van der Waals surface area contributed by atoms with Crippen LogP contribution in [0.15, 0.2) is 54.6 Å². The number of nitrogens with zero attached hydrogens (tertiary/aromatic N) is 1. The average Bonchev–Trinajstić information content (AvgIpc) is 2.80. The SMILES string of the molecule is CC[NH+](CC(=O)Nc1ccccc1OC)CC(=O)N1CCC(Cc2ccccc2)CC1. The first-order valence-electron chi connectivity index (χ1n) is 11.2. The number of likely N-dealkylation sites (N-methyl/N-ethyl adjacent to an activating group) is 1. The number of likely N-dealkylation sites (tertiary alicyclic amines) is 1. The van der Waals surface area contributed by atoms with Gasteiger partial charge in [0.2, 0.25) is 0 Å². The summed E-state index contributed by atoms with van der Waals surface area (Å²) in [7, 11) is 1.58. The molecule has 166 valence electrons. The Morgan fingerprint density at radius 2 is 1.71 bits per heavy atom. The van der Waals surface area contributed by atoms with E-state index in [0.29, 0.717) is 23.9 Å². The zero-order valence-electron chi connectivity index (χ0n) is 18.6. The normalized spacial score (nSPS) is 15.4. The first kappa shape index (κ1) is 22.8. The summed E-state index contributed by atoms with van der Waals surface area (Å²) in [6.07, 6.45) is 3.16. The van der Waals surface area contributed by atoms with Crippen molar-refractivity contribution in [1.82, 2.24) is 4.90 Å². The second-order valence-corrected chi connectivity index (χ2v) is 8.22. The fourth-order valence-electron chi connectivity index (χ4n) is 4.14. The summed E-state index contributed by atoms with van der Waals surface area (Å²) in [6.45, 7) is 4.94. The van der Waals surface area contributed by atoms with Crippen LogP contribution in [0.5, 0.6) is 5.75 Å². The van der Waals surface area contributed by atoms with E-state index < -0.39 is 0 Å². The van der Waals surface area contributed by atoms with Gasteiger partial charge in [-0.3, -0.25) is 9.59 Å². The molecule has 0 aliphatic carbocycles. The quantitative estimate of drug-likeness (QED) is 0.647. The van der Waals surface area contributed by atoms with E-state index in [1.54, 1.807) is 7.11 Å². The van der Waals surface area contributed by atoms with E-state index in [1.807, 2.05) is 42.2 Å². The summed E-state index contributed by atoms with van der Waals surface area (Å²) >= 11 is 0. The number of rotatable bonds is 9. The van der Waals surface area contributed by atoms with Crippen molar-refractivity contribution in [2.75, 3.05) is 45.2 Å². The third kappa shape index (κ3) is 6.82. The maximum absolute atomic E-state index is 12.8. The Kier molecular flexibility index (Phi) is 8.47. The van der Waals surface area contributed by atoms with Crippen LogP contribution in [0.3, 0.4) is 0 Å². The molecule has 0 radical (unpaired) electrons. The molecule has 0 aromatic heterocycles. The van der Waals surface area contributed by atoms with Crippen molar-refractivity contribution in [2.45, 2.75) is 26.2 Å². The monoisotopic (exact) mass is 424 g/mol. The zero-order valence-corrected chi connectivity index (χ0v) is 18.6. The van der Waals surface area contributed by atoms with E-state index in [0.717, 1.165) is 43.8 Å². The number of piperidine rings is 1. The van der Waals surface area contributed by atoms with Crippen LogP contribution in [-0.2, 0) is 16.0 Å². The number of nitrogens with one attached hydrogen (secondary N) is 2. The van der Waals surface area contributed by atoms with E-state index in [1.165, 1.54) is 5.56 Å². The molecule has 1 fully saturated rings. The predicted octanol–water partition coefficient (Wildman–Crippen LogP) is 2.02. The van der Waals surface area contributed by atoms with E-state index in [9.17, 15) is 9.59 Å². The number of quaternary nitrogens is 1. The number of ether oxygens (including phenoxy) is 1. The molecule has 2 N–H and O–H groups in total. The lowest BCUT2D eigenvalue weighted by Crippen LogP contribution is -3.14. The fraction of sp³-hybridized carbons (Fsp3) is 0.440. The van der Waals surface area contributed by atoms with Gasteiger partial charge in [0.25, 0.3) is 11.8 Å². The third-order valence-corrected chi connectivity index (χ3v) is 6.03. The summed E-state index contributed by atoms with van der Waals surface area (Å²) in [5, 5.41) is 2.90. The molecule has 31 heavy (non-hydrogen) atoms. The lowest BCUT2D eigenvalue weighted by atomic mass is 9.90. The molecule has 6 heteroatoms. The summed E-state index contributed by atoms with van der Waals surface area (Å²) in [4.78, 5) is 28.3. The molecule has 1 saturated heterocycles. The Morgan fingerprint density at radius 3 is 2.39 bits per heavy atom. The van der Waals surface area contributed by atoms with E-state index in [-0.39, 0.29) is 18.4 Å². The van der Waals surface area contributed by atoms with Crippen LogP contribution < -0.4 is 15.0 Å². The number of para-hydroxylation sites is 2. The Bertz CT molecular complexity index is 848. The van der Waals surface area contributed by atoms with Crippen molar-refractivity contribution in [1.29, 1.82) is 0 Å². The largest absolute Gasteiger partial charge is 0.495 e. The molecule has 0 spiro atoms. The van der Waals surface area contributed by atoms with Crippen molar-refractivity contribution in [3.63, 3.8) is 0 Å². The minimum absolute atomic E-state index is 0.115. The van der Waals surface area contributed by atoms with Gasteiger partial charge < -0.3 is 19.9 Å². The van der Waals surface area contributed by atoms with Crippen LogP contribution in [-0.4, -0.2) is 56.5 Å². The van der Waals surface area contributed by atoms with Crippen LogP contribution in [0.1, 0.15) is 25.3 Å². The van der Waals surface area contributed by atoms with Gasteiger partial charge in [-0.2, -0.15) is 0 Å². The summed E-state index contributed by atoms with van der Waals surface area (Å²) in [6, 6.07) is 17.9. The Hall–Kier alpha value is -2.86. The standard InChI is InChI=1S/C25H33N3O3/c1-3-27(18-24(29)26-22-11-7-8-12-23(22)31-2)19-25(30)28-15-13-21(14-16-28)17-20-9-5-4-6-10-20/h4-12,21H,3,13-19H2,1-2H3,(H,26,29)/p+1. The highest BCUT2D eigenvalue weighted by molar-refractivity contribution is 5.93. The van der Waals surface area contributed by atoms with Gasteiger partial charge in [0, 0.05) is 13.1 Å². The van der Waals surface area contributed by atoms with Gasteiger partial charge >= 0.3 is 0 Å². The summed E-state index contributed by atoms with van der Waals surface area (Å²) in [5.41, 5.74) is 2.02. The average molecular weight is 425 g/mol. The minimum Gasteiger partial charge on any atom is -0.495 e. The maximum atomic E-state index is 12.8. The van der Waals surface area contributed by atoms with E-state index in [2.05, 4.69) is 29.6 Å². The van der Waals surface area contributed by atoms with Crippen LogP contribution >= 0.6 is 0 Å². The topological polar surface area (TPSA) is 63.1 Å². The van der Waals surface area contributed by atoms with Crippen molar-refractivity contribution < 1.29 is 19.2 Å². The molecule has 1 unspecified atom stereocenters. The second kappa shape index (κ2) is 11.5. The molecular weight excluding hydrogens is 390 g/mol. The number of hydrogen-bond donors (Lipinski definition) is 2. The molecular formula is C25H34N3O3+. The van der Waals surface area contributed by atoms with Gasteiger partial charge in [0.05, 0.1) is 19.3 Å². The van der Waals surface area contributed by atoms with E-state index >= 15 is 0 Å². The van der Waals surface area contributed by atoms with Crippen molar-refractivity contribution in [2.24, 2.45) is 5.92 Å². The minimum atomic E-state index is -0.115. The number of carbonyl (C=O) groups is 2. The van der Waals surface area contributed by atoms with Gasteiger partial charge in [0.1, 0.15) is 5.75 Å². The van der Waals surface area contributed by atoms with E-state index in [4.69, 9.17) is 4.74 Å². The Morgan fingerprint density at radius 1 is 1.03 bits per heavy atom. The molecule has 1 atom stereocenters. The summed E-state index contributed by atoms with van der Waals surface area (Å²) < 4.78 is 5.29. The first-order chi connectivity index (χ1) is 15.1. The Balaban J connectivity index is 1.44. The number of hydrogen-bond acceptors (Lipinski definition) is 3. The molecule has 2 aromatic carbocycles. The third-order valence-electron chi connectivity index (χ3n) is 6.03. The molecule has 1 aliphatic rings. The first-order valence-corrected chi connectivity index (χ1v) is 11.2. The molecule has 2 aromatic rings. The lowest BCUT2D eigenvalue weighted by molar-refractivity contribution is -0.882. The van der Waals surface area contributed by atoms with Crippen molar-refractivity contribution in [3.05, 3.63) is 60.2 Å². The summed E-state index contributed by atoms with van der Waals surface area (Å²) in [5.74, 6) is 1.28. The number of amides is 2. The van der Waals surface area contributed by atoms with Crippen LogP contribution in [0.2, 0.25) is 0 Å². The molecule has 3 rings (SSSR count). The molecule has 1 aliphatic heterocycles. The number of methoxy groups -OCH3 is 1. The highest BCUT2D eigenvalue weighted by Crippen LogP contribution is 2.23. The predicted molar refractivity (Wildman–Crippen MR) is 122 cm³/mol. The number of benzene rings is 2. The molecule has 6 nitrogen and oxygen atoms in total. The van der Waals surface area contributed by atoms with Crippen LogP contribution in [0.25, 0.3) is 0 Å². The maximum Gasteiger partial charge on any atom is 0.279 e. The Labute approximate surface area is 185 Å². The van der Waals surface area contributed by atoms with Gasteiger partial charge in [-0.1, -0.05) is 42.5 Å². The molecule has 2 amide bonds. The molecule has 0 saturated carbocycles. The van der Waals surface area contributed by atoms with Crippen LogP contribution in [0, 0.1) is 5.92 Å². The van der Waals surface area contributed by atoms with Gasteiger partial charge in [-0.05, 0) is 49.8 Å². The highest BCUT2D eigenvalue weighted by atomic mass is 16.5. The second-order valence-electron chi connectivity index (χ2n) is 8.22. The molecule has 0 bridgehead atoms. The van der Waals surface area contributed by atoms with Gasteiger partial charge in [-0.25, -0.2) is 0 Å². The van der Waals surface area contributed by atoms with Gasteiger partial charge in [-0.15, -0.1) is 0 Å². The van der Waals surface area contributed by atoms with Gasteiger partial charge in [0.15, 0.2) is 13.1 Å². The molecule has 1 heterocycles. The number of anilines is 1. The van der Waals surface area contributed by atoms with Crippen LogP contribution in [0.4, 0.5) is 5.69 Å². The zero-order chi connectivity index (χ0) is 22.1. The highest BCUT2D eigenvalue weighted by Gasteiger charge is 2.26. The lowest BCUT2D eigenvalue weighted by Gasteiger charge is -2.32. The smallest absolute Gasteiger partial charge is 0.279 e. The fourth-order valence-corrected chi connectivity index (χ4v) is 4.14. The van der Waals surface area contributed by atoms with Crippen molar-refractivity contribution >= 4 is 17.5 Å². The number of carbonyl (C=O) groups excluding carboxylic acids is 2. The van der Waals surface area contributed by atoms with Crippen molar-refractivity contribution in [3.8, 4) is 5.75 Å².